The number of carbonyl (C=O) groups excluding carboxylic acids is 2. The molecule has 5 N–H and O–H groups in total. The Hall–Kier alpha value is -1.41. The molecule has 0 aromatic rings. The minimum Gasteiger partial charge on any atom is -0.444 e. The average molecular weight is 615 g/mol. The van der Waals surface area contributed by atoms with Gasteiger partial charge in [-0.1, -0.05) is 26.0 Å². The summed E-state index contributed by atoms with van der Waals surface area (Å²) < 4.78 is 18.1. The number of aliphatic hydroxyl groups excluding tert-OH is 4. The van der Waals surface area contributed by atoms with Crippen LogP contribution in [0.25, 0.3) is 0 Å². The largest absolute Gasteiger partial charge is 0.444 e. The molecule has 4 heterocycles. The van der Waals surface area contributed by atoms with E-state index < -0.39 is 65.6 Å². The van der Waals surface area contributed by atoms with E-state index in [-0.39, 0.29) is 24.2 Å². The highest BCUT2D eigenvalue weighted by Gasteiger charge is 2.53. The van der Waals surface area contributed by atoms with Crippen molar-refractivity contribution in [2.75, 3.05) is 19.8 Å². The molecule has 0 aromatic carbocycles. The van der Waals surface area contributed by atoms with Gasteiger partial charge in [-0.25, -0.2) is 4.79 Å². The number of ether oxygens (including phenoxy) is 3. The topological polar surface area (TPSA) is 158 Å². The molecule has 0 aromatic heterocycles. The normalized spacial score (nSPS) is 40.1. The Kier molecular flexibility index (Phi) is 11.3. The zero-order chi connectivity index (χ0) is 30.8. The molecule has 12 heteroatoms. The van der Waals surface area contributed by atoms with Crippen molar-refractivity contribution in [3.63, 3.8) is 0 Å². The molecule has 5 unspecified atom stereocenters. The van der Waals surface area contributed by atoms with Crippen molar-refractivity contribution in [1.29, 1.82) is 0 Å². The minimum absolute atomic E-state index is 0.0341. The van der Waals surface area contributed by atoms with Gasteiger partial charge < -0.3 is 40.0 Å². The van der Waals surface area contributed by atoms with Crippen molar-refractivity contribution >= 4 is 23.8 Å². The first kappa shape index (κ1) is 33.5. The van der Waals surface area contributed by atoms with Gasteiger partial charge >= 0.3 is 6.09 Å². The lowest BCUT2D eigenvalue weighted by atomic mass is 9.85. The Morgan fingerprint density at radius 2 is 1.81 bits per heavy atom. The van der Waals surface area contributed by atoms with Crippen LogP contribution in [0.15, 0.2) is 12.2 Å². The van der Waals surface area contributed by atoms with Crippen molar-refractivity contribution in [3.05, 3.63) is 12.2 Å². The zero-order valence-electron chi connectivity index (χ0n) is 25.4. The van der Waals surface area contributed by atoms with Crippen LogP contribution in [0, 0.1) is 17.8 Å². The van der Waals surface area contributed by atoms with Crippen LogP contribution in [0.4, 0.5) is 4.79 Å². The molecule has 2 amide bonds. The fourth-order valence-electron chi connectivity index (χ4n) is 6.65. The van der Waals surface area contributed by atoms with Crippen LogP contribution in [0.2, 0.25) is 0 Å². The van der Waals surface area contributed by atoms with Gasteiger partial charge in [0, 0.05) is 24.3 Å². The average Bonchev–Trinajstić information content (AvgIpc) is 3.15. The third kappa shape index (κ3) is 7.99. The predicted octanol–water partition coefficient (Wildman–Crippen LogP) is 1.80. The molecule has 4 aliphatic rings. The van der Waals surface area contributed by atoms with Gasteiger partial charge in [-0.2, -0.15) is 0 Å². The molecule has 0 spiro atoms. The van der Waals surface area contributed by atoms with Gasteiger partial charge in [0.1, 0.15) is 41.5 Å². The van der Waals surface area contributed by atoms with Crippen LogP contribution in [0.5, 0.6) is 0 Å². The first-order chi connectivity index (χ1) is 19.8. The van der Waals surface area contributed by atoms with Crippen LogP contribution in [-0.4, -0.2) is 116 Å². The number of fused-ring (bicyclic) bond motifs is 3. The Morgan fingerprint density at radius 1 is 1.10 bits per heavy atom. The SMILES string of the molecule is CC(C)C[C@@H]1CCO[C@@H]2[C@@H](C1)CN(C(=O)OC(C)(C)C)[C@@H]2C(=O)N[C@@H]1C/C=C\C[C@@H](CO)SC2OC1C(O)C(O)C2O. The molecule has 0 saturated carbocycles. The van der Waals surface area contributed by atoms with Gasteiger partial charge in [-0.3, -0.25) is 9.69 Å². The fraction of sp³-hybridized carbons (Fsp3) is 0.867. The summed E-state index contributed by atoms with van der Waals surface area (Å²) in [6, 6.07) is -1.71. The summed E-state index contributed by atoms with van der Waals surface area (Å²) in [7, 11) is 0. The molecule has 240 valence electrons. The highest BCUT2D eigenvalue weighted by molar-refractivity contribution is 8.00. The summed E-state index contributed by atoms with van der Waals surface area (Å²) in [5.41, 5.74) is -1.66. The van der Waals surface area contributed by atoms with Crippen LogP contribution >= 0.6 is 11.8 Å². The first-order valence-electron chi connectivity index (χ1n) is 15.3. The van der Waals surface area contributed by atoms with E-state index in [0.717, 1.165) is 19.3 Å². The summed E-state index contributed by atoms with van der Waals surface area (Å²) in [6.07, 6.45) is 0.850. The fourth-order valence-corrected chi connectivity index (χ4v) is 7.86. The van der Waals surface area contributed by atoms with E-state index in [1.54, 1.807) is 20.8 Å². The van der Waals surface area contributed by atoms with Crippen molar-refractivity contribution < 1.29 is 44.2 Å². The number of aliphatic hydroxyl groups is 4. The molecule has 42 heavy (non-hydrogen) atoms. The Morgan fingerprint density at radius 3 is 2.48 bits per heavy atom. The molecular formula is C30H50N2O9S. The zero-order valence-corrected chi connectivity index (χ0v) is 26.2. The van der Waals surface area contributed by atoms with Crippen molar-refractivity contribution in [2.24, 2.45) is 17.8 Å². The number of rotatable bonds is 5. The van der Waals surface area contributed by atoms with Gasteiger partial charge in [0.25, 0.3) is 0 Å². The van der Waals surface area contributed by atoms with Crippen LogP contribution in [0.3, 0.4) is 0 Å². The summed E-state index contributed by atoms with van der Waals surface area (Å²) >= 11 is 1.19. The standard InChI is InChI=1S/C30H50N2O9S/c1-16(2)12-17-10-11-39-25-18(13-17)14-32(29(38)41-30(3,4)5)21(25)27(37)31-20-9-7-6-8-19(15-33)42-28-24(36)22(34)23(35)26(20)40-28/h6-7,16-26,28,33-36H,8-15H2,1-5H3,(H,31,37)/b7-6-/t17-,18-,19-,20+,21-,22?,23?,24?,25+,26?,28?/m0/s1. The third-order valence-corrected chi connectivity index (χ3v) is 9.92. The van der Waals surface area contributed by atoms with Crippen molar-refractivity contribution in [2.45, 2.75) is 126 Å². The highest BCUT2D eigenvalue weighted by Crippen LogP contribution is 2.39. The number of nitrogens with one attached hydrogen (secondary N) is 1. The molecule has 2 bridgehead atoms. The lowest BCUT2D eigenvalue weighted by Crippen LogP contribution is -2.64. The third-order valence-electron chi connectivity index (χ3n) is 8.53. The maximum Gasteiger partial charge on any atom is 0.411 e. The van der Waals surface area contributed by atoms with Crippen molar-refractivity contribution in [3.8, 4) is 0 Å². The molecule has 3 saturated heterocycles. The van der Waals surface area contributed by atoms with Crippen LogP contribution < -0.4 is 5.32 Å². The number of nitrogens with zero attached hydrogens (tertiary/aromatic N) is 1. The Labute approximate surface area is 253 Å². The van der Waals surface area contributed by atoms with Gasteiger partial charge in [0.05, 0.1) is 18.8 Å². The number of thioether (sulfide) groups is 1. The number of carbonyl (C=O) groups is 2. The molecule has 11 atom stereocenters. The molecule has 4 aliphatic heterocycles. The van der Waals surface area contributed by atoms with Gasteiger partial charge in [0.15, 0.2) is 0 Å². The van der Waals surface area contributed by atoms with Crippen molar-refractivity contribution in [1.82, 2.24) is 10.2 Å². The van der Waals surface area contributed by atoms with E-state index in [2.05, 4.69) is 19.2 Å². The highest BCUT2D eigenvalue weighted by atomic mass is 32.2. The van der Waals surface area contributed by atoms with E-state index in [4.69, 9.17) is 14.2 Å². The van der Waals surface area contributed by atoms with E-state index in [1.807, 2.05) is 12.2 Å². The van der Waals surface area contributed by atoms with E-state index >= 15 is 0 Å². The smallest absolute Gasteiger partial charge is 0.411 e. The number of allylic oxidation sites excluding steroid dienone is 1. The molecule has 0 radical (unpaired) electrons. The van der Waals surface area contributed by atoms with Gasteiger partial charge in [-0.05, 0) is 64.7 Å². The number of hydrogen-bond donors (Lipinski definition) is 5. The summed E-state index contributed by atoms with van der Waals surface area (Å²) in [4.78, 5) is 29.0. The Balaban J connectivity index is 1.60. The van der Waals surface area contributed by atoms with Gasteiger partial charge in [0.2, 0.25) is 5.91 Å². The van der Waals surface area contributed by atoms with E-state index in [1.165, 1.54) is 16.7 Å². The van der Waals surface area contributed by atoms with E-state index in [9.17, 15) is 30.0 Å². The number of likely N-dealkylation sites (tertiary alicyclic amines) is 1. The summed E-state index contributed by atoms with van der Waals surface area (Å²) in [6.45, 7) is 10.4. The molecule has 4 rings (SSSR count). The minimum atomic E-state index is -1.50. The summed E-state index contributed by atoms with van der Waals surface area (Å²) in [5.74, 6) is 0.481. The molecule has 11 nitrogen and oxygen atoms in total. The second-order valence-corrected chi connectivity index (χ2v) is 15.0. The number of hydrogen-bond acceptors (Lipinski definition) is 10. The second-order valence-electron chi connectivity index (χ2n) is 13.6. The van der Waals surface area contributed by atoms with Gasteiger partial charge in [-0.15, -0.1) is 11.8 Å². The summed E-state index contributed by atoms with van der Waals surface area (Å²) in [5, 5.41) is 44.7. The lowest BCUT2D eigenvalue weighted by molar-refractivity contribution is -0.205. The predicted molar refractivity (Wildman–Crippen MR) is 158 cm³/mol. The molecular weight excluding hydrogens is 564 g/mol. The Bertz CT molecular complexity index is 960. The quantitative estimate of drug-likeness (QED) is 0.289. The van der Waals surface area contributed by atoms with Crippen LogP contribution in [-0.2, 0) is 19.0 Å². The second kappa shape index (κ2) is 14.1. The monoisotopic (exact) mass is 614 g/mol. The molecule has 0 aliphatic carbocycles. The van der Waals surface area contributed by atoms with Crippen LogP contribution in [0.1, 0.15) is 66.7 Å². The number of amides is 2. The molecule has 3 fully saturated rings. The lowest BCUT2D eigenvalue weighted by Gasteiger charge is -2.44. The first-order valence-corrected chi connectivity index (χ1v) is 16.3. The maximum atomic E-state index is 14.1. The van der Waals surface area contributed by atoms with E-state index in [0.29, 0.717) is 31.4 Å². The maximum absolute atomic E-state index is 14.1.